The average Bonchev–Trinajstić information content (AvgIpc) is 2.72. The van der Waals surface area contributed by atoms with Crippen molar-refractivity contribution in [2.45, 2.75) is 26.4 Å². The molecule has 12 heteroatoms. The molecule has 0 radical (unpaired) electrons. The van der Waals surface area contributed by atoms with Crippen LogP contribution in [0.3, 0.4) is 0 Å². The molecule has 2 heterocycles. The smallest absolute Gasteiger partial charge is 0.276 e. The Labute approximate surface area is 179 Å². The Kier molecular flexibility index (Phi) is 7.69. The summed E-state index contributed by atoms with van der Waals surface area (Å²) >= 11 is 0. The Balaban J connectivity index is 2.30. The number of nitrogens with two attached hydrogens (primary N) is 1. The Morgan fingerprint density at radius 1 is 1.26 bits per heavy atom. The SMILES string of the molecule is CN=CC(NC(=O)c1nc(C)ncc1Nc1cncnc1)=C(N)C(=O)NCC(C)(C)O. The maximum absolute atomic E-state index is 12.9. The molecule has 0 aromatic carbocycles. The van der Waals surface area contributed by atoms with Crippen LogP contribution in [-0.4, -0.2) is 62.3 Å². The molecule has 164 valence electrons. The summed E-state index contributed by atoms with van der Waals surface area (Å²) < 4.78 is 0. The normalized spacial score (nSPS) is 12.3. The fourth-order valence-electron chi connectivity index (χ4n) is 2.25. The van der Waals surface area contributed by atoms with Gasteiger partial charge in [0.2, 0.25) is 0 Å². The first-order valence-corrected chi connectivity index (χ1v) is 9.20. The largest absolute Gasteiger partial charge is 0.393 e. The van der Waals surface area contributed by atoms with Gasteiger partial charge < -0.3 is 26.8 Å². The van der Waals surface area contributed by atoms with Gasteiger partial charge in [-0.05, 0) is 20.8 Å². The zero-order chi connectivity index (χ0) is 23.0. The first-order chi connectivity index (χ1) is 14.6. The zero-order valence-corrected chi connectivity index (χ0v) is 17.7. The molecule has 2 aromatic rings. The molecule has 2 amide bonds. The second-order valence-corrected chi connectivity index (χ2v) is 7.10. The number of allylic oxidation sites excluding steroid dienone is 1. The highest BCUT2D eigenvalue weighted by atomic mass is 16.3. The Hall–Kier alpha value is -3.93. The molecular weight excluding hydrogens is 402 g/mol. The summed E-state index contributed by atoms with van der Waals surface area (Å²) in [4.78, 5) is 45.2. The van der Waals surface area contributed by atoms with Crippen molar-refractivity contribution in [3.8, 4) is 0 Å². The van der Waals surface area contributed by atoms with Gasteiger partial charge >= 0.3 is 0 Å². The molecule has 0 atom stereocenters. The molecule has 2 aromatic heterocycles. The fraction of sp³-hybridized carbons (Fsp3) is 0.316. The number of hydrogen-bond acceptors (Lipinski definition) is 10. The second-order valence-electron chi connectivity index (χ2n) is 7.10. The average molecular weight is 427 g/mol. The molecule has 0 bridgehead atoms. The van der Waals surface area contributed by atoms with E-state index in [0.29, 0.717) is 17.2 Å². The van der Waals surface area contributed by atoms with E-state index < -0.39 is 17.4 Å². The van der Waals surface area contributed by atoms with Gasteiger partial charge in [-0.3, -0.25) is 14.6 Å². The van der Waals surface area contributed by atoms with E-state index in [1.54, 1.807) is 6.92 Å². The first kappa shape index (κ1) is 23.3. The molecule has 0 saturated heterocycles. The monoisotopic (exact) mass is 427 g/mol. The van der Waals surface area contributed by atoms with Crippen molar-refractivity contribution in [2.24, 2.45) is 10.7 Å². The summed E-state index contributed by atoms with van der Waals surface area (Å²) in [6.45, 7) is 4.67. The minimum absolute atomic E-state index is 0.0167. The van der Waals surface area contributed by atoms with Gasteiger partial charge in [0.1, 0.15) is 17.8 Å². The van der Waals surface area contributed by atoms with Crippen molar-refractivity contribution in [3.05, 3.63) is 47.8 Å². The molecule has 0 spiro atoms. The molecule has 0 fully saturated rings. The van der Waals surface area contributed by atoms with Crippen molar-refractivity contribution in [2.75, 3.05) is 18.9 Å². The predicted molar refractivity (Wildman–Crippen MR) is 114 cm³/mol. The van der Waals surface area contributed by atoms with Crippen LogP contribution in [0.2, 0.25) is 0 Å². The third kappa shape index (κ3) is 7.12. The molecule has 31 heavy (non-hydrogen) atoms. The van der Waals surface area contributed by atoms with E-state index >= 15 is 0 Å². The third-order valence-corrected chi connectivity index (χ3v) is 3.69. The molecule has 0 saturated carbocycles. The van der Waals surface area contributed by atoms with E-state index in [0.717, 1.165) is 0 Å². The zero-order valence-electron chi connectivity index (χ0n) is 17.7. The number of aliphatic imine (C=N–C) groups is 1. The van der Waals surface area contributed by atoms with Crippen LogP contribution in [0, 0.1) is 6.92 Å². The molecule has 6 N–H and O–H groups in total. The number of aliphatic hydroxyl groups is 1. The van der Waals surface area contributed by atoms with Crippen LogP contribution in [0.25, 0.3) is 0 Å². The lowest BCUT2D eigenvalue weighted by Crippen LogP contribution is -2.41. The van der Waals surface area contributed by atoms with Crippen molar-refractivity contribution in [3.63, 3.8) is 0 Å². The van der Waals surface area contributed by atoms with Crippen molar-refractivity contribution < 1.29 is 14.7 Å². The Bertz CT molecular complexity index is 998. The lowest BCUT2D eigenvalue weighted by molar-refractivity contribution is -0.118. The summed E-state index contributed by atoms with van der Waals surface area (Å²) in [5.41, 5.74) is 5.33. The standard InChI is InChI=1S/C19H25N9O3/c1-11-24-8-14(27-12-5-22-10-23-6-12)16(26-11)18(30)28-13(7-21-4)15(20)17(29)25-9-19(2,3)31/h5-8,10,27,31H,9,20H2,1-4H3,(H,25,29)(H,28,30). The molecular formula is C19H25N9O3. The topological polar surface area (TPSA) is 180 Å². The number of rotatable bonds is 8. The van der Waals surface area contributed by atoms with Crippen molar-refractivity contribution in [1.29, 1.82) is 0 Å². The van der Waals surface area contributed by atoms with E-state index in [1.165, 1.54) is 52.0 Å². The van der Waals surface area contributed by atoms with E-state index in [2.05, 4.69) is 40.9 Å². The predicted octanol–water partition coefficient (Wildman–Crippen LogP) is -0.194. The number of nitrogens with one attached hydrogen (secondary N) is 3. The van der Waals surface area contributed by atoms with Crippen LogP contribution in [0.1, 0.15) is 30.2 Å². The van der Waals surface area contributed by atoms with E-state index in [-0.39, 0.29) is 23.6 Å². The molecule has 0 aliphatic heterocycles. The minimum Gasteiger partial charge on any atom is -0.393 e. The van der Waals surface area contributed by atoms with Gasteiger partial charge in [-0.15, -0.1) is 0 Å². The van der Waals surface area contributed by atoms with Crippen LogP contribution >= 0.6 is 0 Å². The number of anilines is 2. The maximum atomic E-state index is 12.9. The number of carbonyl (C=O) groups is 2. The van der Waals surface area contributed by atoms with Crippen molar-refractivity contribution >= 4 is 29.4 Å². The van der Waals surface area contributed by atoms with Gasteiger partial charge in [-0.1, -0.05) is 0 Å². The number of nitrogens with zero attached hydrogens (tertiary/aromatic N) is 5. The van der Waals surface area contributed by atoms with Crippen LogP contribution in [-0.2, 0) is 4.79 Å². The Morgan fingerprint density at radius 2 is 1.94 bits per heavy atom. The number of amides is 2. The summed E-state index contributed by atoms with van der Waals surface area (Å²) in [5.74, 6) is -0.945. The van der Waals surface area contributed by atoms with Crippen LogP contribution in [0.15, 0.2) is 41.3 Å². The van der Waals surface area contributed by atoms with Gasteiger partial charge in [-0.2, -0.15) is 0 Å². The van der Waals surface area contributed by atoms with Gasteiger partial charge in [0, 0.05) is 19.8 Å². The van der Waals surface area contributed by atoms with Crippen LogP contribution in [0.4, 0.5) is 11.4 Å². The van der Waals surface area contributed by atoms with Gasteiger partial charge in [-0.25, -0.2) is 19.9 Å². The summed E-state index contributed by atoms with van der Waals surface area (Å²) in [6.07, 6.45) is 7.10. The lowest BCUT2D eigenvalue weighted by Gasteiger charge is -2.18. The summed E-state index contributed by atoms with van der Waals surface area (Å²) in [6, 6.07) is 0. The Morgan fingerprint density at radius 3 is 2.55 bits per heavy atom. The number of hydrogen-bond donors (Lipinski definition) is 5. The second kappa shape index (κ2) is 10.2. The first-order valence-electron chi connectivity index (χ1n) is 9.20. The highest BCUT2D eigenvalue weighted by Gasteiger charge is 2.20. The molecule has 0 unspecified atom stereocenters. The molecule has 0 aliphatic rings. The summed E-state index contributed by atoms with van der Waals surface area (Å²) in [7, 11) is 1.46. The van der Waals surface area contributed by atoms with Crippen LogP contribution in [0.5, 0.6) is 0 Å². The van der Waals surface area contributed by atoms with Gasteiger partial charge in [0.25, 0.3) is 11.8 Å². The minimum atomic E-state index is -1.13. The van der Waals surface area contributed by atoms with Gasteiger partial charge in [0.15, 0.2) is 5.69 Å². The van der Waals surface area contributed by atoms with E-state index in [1.807, 2.05) is 0 Å². The molecule has 0 aliphatic carbocycles. The maximum Gasteiger partial charge on any atom is 0.276 e. The third-order valence-electron chi connectivity index (χ3n) is 3.69. The van der Waals surface area contributed by atoms with E-state index in [9.17, 15) is 14.7 Å². The highest BCUT2D eigenvalue weighted by molar-refractivity contribution is 6.05. The number of aryl methyl sites for hydroxylation is 1. The number of carbonyl (C=O) groups excluding carboxylic acids is 2. The highest BCUT2D eigenvalue weighted by Crippen LogP contribution is 2.18. The van der Waals surface area contributed by atoms with Gasteiger partial charge in [0.05, 0.1) is 41.3 Å². The quantitative estimate of drug-likeness (QED) is 0.282. The fourth-order valence-corrected chi connectivity index (χ4v) is 2.25. The van der Waals surface area contributed by atoms with E-state index in [4.69, 9.17) is 5.73 Å². The lowest BCUT2D eigenvalue weighted by atomic mass is 10.1. The van der Waals surface area contributed by atoms with Crippen molar-refractivity contribution in [1.82, 2.24) is 30.6 Å². The number of aromatic nitrogens is 4. The molecule has 12 nitrogen and oxygen atoms in total. The van der Waals surface area contributed by atoms with Crippen LogP contribution < -0.4 is 21.7 Å². The molecule has 2 rings (SSSR count). The summed E-state index contributed by atoms with van der Waals surface area (Å²) in [5, 5.41) is 17.8.